The molecular formula is C23H28ClN4O4. The second-order valence-electron chi connectivity index (χ2n) is 7.74. The van der Waals surface area contributed by atoms with Gasteiger partial charge in [-0.2, -0.15) is 0 Å². The topological polar surface area (TPSA) is 116 Å². The average Bonchev–Trinajstić information content (AvgIpc) is 2.99. The first-order valence-corrected chi connectivity index (χ1v) is 10.1. The van der Waals surface area contributed by atoms with Crippen LogP contribution in [-0.4, -0.2) is 61.0 Å². The van der Waals surface area contributed by atoms with Gasteiger partial charge in [-0.1, -0.05) is 12.1 Å². The van der Waals surface area contributed by atoms with Crippen LogP contribution < -0.4 is 16.0 Å². The van der Waals surface area contributed by atoms with Gasteiger partial charge >= 0.3 is 6.03 Å². The van der Waals surface area contributed by atoms with Crippen molar-refractivity contribution in [3.05, 3.63) is 65.6 Å². The molecule has 3 amide bonds. The summed E-state index contributed by atoms with van der Waals surface area (Å²) < 4.78 is 0. The molecule has 0 saturated carbocycles. The number of benzene rings is 2. The second-order valence-corrected chi connectivity index (χ2v) is 7.74. The van der Waals surface area contributed by atoms with Crippen molar-refractivity contribution in [2.45, 2.75) is 18.9 Å². The Hall–Kier alpha value is -3.26. The lowest BCUT2D eigenvalue weighted by molar-refractivity contribution is 0.0939. The number of carbonyl (C=O) groups is 3. The molecule has 2 aromatic carbocycles. The monoisotopic (exact) mass is 459 g/mol. The minimum atomic E-state index is -0.467. The molecule has 1 atom stereocenters. The van der Waals surface area contributed by atoms with Gasteiger partial charge in [-0.25, -0.2) is 4.79 Å². The first-order chi connectivity index (χ1) is 14.8. The Morgan fingerprint density at radius 3 is 2.38 bits per heavy atom. The summed E-state index contributed by atoms with van der Waals surface area (Å²) in [6.45, 7) is 0.958. The van der Waals surface area contributed by atoms with Crippen LogP contribution in [0.3, 0.4) is 0 Å². The van der Waals surface area contributed by atoms with Crippen molar-refractivity contribution in [2.75, 3.05) is 32.1 Å². The standard InChI is InChI=1S/C23H27N4O4.ClH/c1-26(2)18-9-10-20(28)19(14-18)21(29)15-5-7-16(8-6-15)22(30)25-17-4-3-12-27(13-11-17)23(24)31;/h5-11,14,17,28H,3-4,12-13H2,1-2H3,(H2,24,31)(H,25,30);1H/t17-;/m0./s1. The number of carbonyl (C=O) groups excluding carboxylic acids is 3. The number of nitrogens with zero attached hydrogens (tertiary/aromatic N) is 2. The zero-order chi connectivity index (χ0) is 22.5. The minimum absolute atomic E-state index is 0. The molecule has 8 nitrogen and oxygen atoms in total. The van der Waals surface area contributed by atoms with E-state index in [1.165, 1.54) is 11.0 Å². The molecule has 9 heteroatoms. The highest BCUT2D eigenvalue weighted by Crippen LogP contribution is 2.25. The third kappa shape index (κ3) is 5.91. The molecule has 0 bridgehead atoms. The average molecular weight is 460 g/mol. The predicted molar refractivity (Wildman–Crippen MR) is 126 cm³/mol. The minimum Gasteiger partial charge on any atom is -0.507 e. The molecule has 0 aliphatic carbocycles. The summed E-state index contributed by atoms with van der Waals surface area (Å²) in [6, 6.07) is 10.5. The number of anilines is 1. The van der Waals surface area contributed by atoms with Crippen LogP contribution in [0.1, 0.15) is 39.1 Å². The lowest BCUT2D eigenvalue weighted by atomic mass is 10.00. The maximum Gasteiger partial charge on any atom is 0.314 e. The SMILES string of the molecule is CN(C)c1ccc(O)c(C(=O)c2ccc(C(=O)N[C@@H]3[CH]CN(C(N)=O)CCC3)cc2)c1.Cl. The lowest BCUT2D eigenvalue weighted by Crippen LogP contribution is -2.39. The quantitative estimate of drug-likeness (QED) is 0.594. The van der Waals surface area contributed by atoms with Crippen LogP contribution in [0.4, 0.5) is 10.5 Å². The highest BCUT2D eigenvalue weighted by Gasteiger charge is 2.21. The van der Waals surface area contributed by atoms with Crippen molar-refractivity contribution in [3.63, 3.8) is 0 Å². The lowest BCUT2D eigenvalue weighted by Gasteiger charge is -2.18. The van der Waals surface area contributed by atoms with Gasteiger partial charge in [0.2, 0.25) is 0 Å². The van der Waals surface area contributed by atoms with Crippen molar-refractivity contribution < 1.29 is 19.5 Å². The van der Waals surface area contributed by atoms with E-state index in [1.807, 2.05) is 25.4 Å². The number of ketones is 1. The van der Waals surface area contributed by atoms with E-state index < -0.39 is 6.03 Å². The number of urea groups is 1. The van der Waals surface area contributed by atoms with Crippen molar-refractivity contribution in [1.82, 2.24) is 10.2 Å². The van der Waals surface area contributed by atoms with Crippen LogP contribution in [0, 0.1) is 6.42 Å². The van der Waals surface area contributed by atoms with E-state index >= 15 is 0 Å². The number of halogens is 1. The van der Waals surface area contributed by atoms with Crippen molar-refractivity contribution in [1.29, 1.82) is 0 Å². The Kier molecular flexibility index (Phi) is 8.48. The third-order valence-electron chi connectivity index (χ3n) is 5.33. The van der Waals surface area contributed by atoms with E-state index in [4.69, 9.17) is 5.73 Å². The maximum atomic E-state index is 12.8. The highest BCUT2D eigenvalue weighted by atomic mass is 35.5. The molecule has 4 N–H and O–H groups in total. The van der Waals surface area contributed by atoms with Crippen LogP contribution in [0.5, 0.6) is 5.75 Å². The molecule has 1 fully saturated rings. The van der Waals surface area contributed by atoms with Gasteiger partial charge in [0.25, 0.3) is 5.91 Å². The number of primary amides is 1. The van der Waals surface area contributed by atoms with Crippen LogP contribution in [0.2, 0.25) is 0 Å². The number of likely N-dealkylation sites (tertiary alicyclic amines) is 1. The van der Waals surface area contributed by atoms with E-state index in [-0.39, 0.29) is 41.5 Å². The number of rotatable bonds is 5. The predicted octanol–water partition coefficient (Wildman–Crippen LogP) is 2.59. The molecule has 3 rings (SSSR count). The number of phenols is 1. The summed E-state index contributed by atoms with van der Waals surface area (Å²) in [5, 5.41) is 13.1. The van der Waals surface area contributed by atoms with Gasteiger partial charge in [0, 0.05) is 56.5 Å². The fourth-order valence-corrected chi connectivity index (χ4v) is 3.46. The molecule has 171 valence electrons. The summed E-state index contributed by atoms with van der Waals surface area (Å²) >= 11 is 0. The van der Waals surface area contributed by atoms with E-state index in [0.717, 1.165) is 12.1 Å². The fraction of sp³-hybridized carbons (Fsp3) is 0.304. The van der Waals surface area contributed by atoms with Crippen LogP contribution in [0.15, 0.2) is 42.5 Å². The number of nitrogens with two attached hydrogens (primary N) is 1. The van der Waals surface area contributed by atoms with Gasteiger partial charge in [-0.3, -0.25) is 9.59 Å². The first kappa shape index (κ1) is 25.0. The normalized spacial score (nSPS) is 15.8. The molecule has 1 aliphatic rings. The Balaban J connectivity index is 0.00000363. The molecule has 1 radical (unpaired) electrons. The van der Waals surface area contributed by atoms with Gasteiger partial charge in [0.15, 0.2) is 5.78 Å². The zero-order valence-corrected chi connectivity index (χ0v) is 18.9. The number of aromatic hydroxyl groups is 1. The van der Waals surface area contributed by atoms with Gasteiger partial charge in [-0.05, 0) is 43.2 Å². The highest BCUT2D eigenvalue weighted by molar-refractivity contribution is 6.11. The third-order valence-corrected chi connectivity index (χ3v) is 5.33. The van der Waals surface area contributed by atoms with E-state index in [0.29, 0.717) is 30.6 Å². The van der Waals surface area contributed by atoms with E-state index in [1.54, 1.807) is 36.4 Å². The van der Waals surface area contributed by atoms with Gasteiger partial charge < -0.3 is 26.0 Å². The molecule has 1 saturated heterocycles. The van der Waals surface area contributed by atoms with Gasteiger partial charge in [0.1, 0.15) is 5.75 Å². The molecule has 0 spiro atoms. The number of nitrogens with one attached hydrogen (secondary N) is 1. The van der Waals surface area contributed by atoms with Crippen LogP contribution in [-0.2, 0) is 0 Å². The Bertz CT molecular complexity index is 978. The van der Waals surface area contributed by atoms with Crippen molar-refractivity contribution >= 4 is 35.8 Å². The molecule has 1 heterocycles. The maximum absolute atomic E-state index is 12.8. The zero-order valence-electron chi connectivity index (χ0n) is 18.1. The molecule has 0 aromatic heterocycles. The molecule has 32 heavy (non-hydrogen) atoms. The Morgan fingerprint density at radius 2 is 1.75 bits per heavy atom. The molecular weight excluding hydrogens is 432 g/mol. The number of amides is 3. The number of hydrogen-bond donors (Lipinski definition) is 3. The van der Waals surface area contributed by atoms with Crippen molar-refractivity contribution in [3.8, 4) is 5.75 Å². The smallest absolute Gasteiger partial charge is 0.314 e. The van der Waals surface area contributed by atoms with Crippen molar-refractivity contribution in [2.24, 2.45) is 5.73 Å². The van der Waals surface area contributed by atoms with Crippen LogP contribution >= 0.6 is 12.4 Å². The fourth-order valence-electron chi connectivity index (χ4n) is 3.46. The van der Waals surface area contributed by atoms with E-state index in [2.05, 4.69) is 5.32 Å². The Morgan fingerprint density at radius 1 is 1.09 bits per heavy atom. The summed E-state index contributed by atoms with van der Waals surface area (Å²) in [5.41, 5.74) is 7.12. The molecule has 0 unspecified atom stereocenters. The van der Waals surface area contributed by atoms with Gasteiger partial charge in [-0.15, -0.1) is 12.4 Å². The Labute approximate surface area is 193 Å². The molecule has 1 aliphatic heterocycles. The largest absolute Gasteiger partial charge is 0.507 e. The first-order valence-electron chi connectivity index (χ1n) is 10.1. The summed E-state index contributed by atoms with van der Waals surface area (Å²) in [4.78, 5) is 40.1. The summed E-state index contributed by atoms with van der Waals surface area (Å²) in [6.07, 6.45) is 3.33. The van der Waals surface area contributed by atoms with Crippen LogP contribution in [0.25, 0.3) is 0 Å². The summed E-state index contributed by atoms with van der Waals surface area (Å²) in [5.74, 6) is -0.673. The second kappa shape index (κ2) is 10.9. The van der Waals surface area contributed by atoms with E-state index in [9.17, 15) is 19.5 Å². The van der Waals surface area contributed by atoms with Gasteiger partial charge in [0.05, 0.1) is 5.56 Å². The summed E-state index contributed by atoms with van der Waals surface area (Å²) in [7, 11) is 3.70. The number of phenolic OH excluding ortho intramolecular Hbond substituents is 1. The molecule has 2 aromatic rings. The number of hydrogen-bond acceptors (Lipinski definition) is 5.